The molecule has 0 spiro atoms. The predicted octanol–water partition coefficient (Wildman–Crippen LogP) is 13.6. The fourth-order valence-corrected chi connectivity index (χ4v) is 5.62. The van der Waals surface area contributed by atoms with Gasteiger partial charge in [0.25, 0.3) is 0 Å². The first-order valence-electron chi connectivity index (χ1n) is 17.0. The first kappa shape index (κ1) is 50.0. The molecule has 0 fully saturated rings. The van der Waals surface area contributed by atoms with Gasteiger partial charge >= 0.3 is 0 Å². The van der Waals surface area contributed by atoms with Gasteiger partial charge in [-0.1, -0.05) is 173 Å². The van der Waals surface area contributed by atoms with Crippen LogP contribution in [0.3, 0.4) is 0 Å². The maximum atomic E-state index is 4.25. The second kappa shape index (κ2) is 32.3. The third-order valence-corrected chi connectivity index (χ3v) is 8.80. The van der Waals surface area contributed by atoms with Crippen molar-refractivity contribution >= 4 is 0 Å². The Labute approximate surface area is 281 Å². The van der Waals surface area contributed by atoms with Crippen molar-refractivity contribution in [1.29, 1.82) is 0 Å². The molecule has 0 radical (unpaired) electrons. The standard InChI is InChI=1S/C19H40.C10H21.C8H17.2W/c1-7-17(8-2)11-13-19(15-16(5)6)14-12-18(9-3)10-4;1-6-10(5,7-2)8-9(3)4;1-5-8(4)6-7(2)3;;/h16-19H,7-15H2,1-6H3;9H,5-8H2,1-4H3;7-8H,4-6H2,1-3H3;;/q;2*-1;;. The van der Waals surface area contributed by atoms with Crippen LogP contribution in [-0.4, -0.2) is 0 Å². The molecule has 0 aliphatic carbocycles. The fraction of sp³-hybridized carbons (Fsp3) is 0.946. The Kier molecular flexibility index (Phi) is 41.4. The predicted molar refractivity (Wildman–Crippen MR) is 176 cm³/mol. The van der Waals surface area contributed by atoms with Crippen LogP contribution in [0.25, 0.3) is 0 Å². The van der Waals surface area contributed by atoms with E-state index in [4.69, 9.17) is 0 Å². The van der Waals surface area contributed by atoms with E-state index in [1.165, 1.54) is 89.9 Å². The van der Waals surface area contributed by atoms with Crippen LogP contribution in [0.2, 0.25) is 0 Å². The molecule has 0 aromatic carbocycles. The van der Waals surface area contributed by atoms with Crippen molar-refractivity contribution in [2.24, 2.45) is 46.8 Å². The van der Waals surface area contributed by atoms with E-state index in [2.05, 4.69) is 104 Å². The van der Waals surface area contributed by atoms with Crippen molar-refractivity contribution in [3.63, 3.8) is 0 Å². The molecule has 39 heavy (non-hydrogen) atoms. The zero-order valence-corrected chi connectivity index (χ0v) is 35.5. The van der Waals surface area contributed by atoms with Gasteiger partial charge in [-0.3, -0.25) is 0 Å². The van der Waals surface area contributed by atoms with Crippen LogP contribution < -0.4 is 0 Å². The zero-order chi connectivity index (χ0) is 29.4. The quantitative estimate of drug-likeness (QED) is 0.113. The van der Waals surface area contributed by atoms with Crippen molar-refractivity contribution in [3.8, 4) is 0 Å². The van der Waals surface area contributed by atoms with E-state index >= 15 is 0 Å². The van der Waals surface area contributed by atoms with Crippen molar-refractivity contribution in [3.05, 3.63) is 13.8 Å². The molecule has 0 aliphatic rings. The van der Waals surface area contributed by atoms with Gasteiger partial charge in [0.05, 0.1) is 0 Å². The summed E-state index contributed by atoms with van der Waals surface area (Å²) in [7, 11) is 0. The first-order valence-corrected chi connectivity index (χ1v) is 17.0. The summed E-state index contributed by atoms with van der Waals surface area (Å²) < 4.78 is 0. The second-order valence-corrected chi connectivity index (χ2v) is 13.7. The summed E-state index contributed by atoms with van der Waals surface area (Å²) in [6.45, 7) is 38.1. The Morgan fingerprint density at radius 3 is 1.00 bits per heavy atom. The Hall–Kier alpha value is 1.38. The maximum Gasteiger partial charge on any atom is 0 e. The fourth-order valence-electron chi connectivity index (χ4n) is 5.62. The van der Waals surface area contributed by atoms with Gasteiger partial charge < -0.3 is 13.8 Å². The van der Waals surface area contributed by atoms with Crippen LogP contribution in [-0.2, 0) is 42.1 Å². The minimum atomic E-state index is 0. The average molecular weight is 891 g/mol. The van der Waals surface area contributed by atoms with Gasteiger partial charge in [-0.25, -0.2) is 0 Å². The topological polar surface area (TPSA) is 0 Å². The van der Waals surface area contributed by atoms with E-state index in [-0.39, 0.29) is 42.1 Å². The van der Waals surface area contributed by atoms with Gasteiger partial charge in [-0.15, -0.1) is 0 Å². The first-order chi connectivity index (χ1) is 17.3. The van der Waals surface area contributed by atoms with Crippen LogP contribution in [0.1, 0.15) is 180 Å². The summed E-state index contributed by atoms with van der Waals surface area (Å²) >= 11 is 0. The molecule has 2 heteroatoms. The Balaban J connectivity index is -0.000000163. The van der Waals surface area contributed by atoms with Gasteiger partial charge in [-0.05, 0) is 41.9 Å². The summed E-state index contributed by atoms with van der Waals surface area (Å²) in [5, 5.41) is 0. The van der Waals surface area contributed by atoms with Crippen molar-refractivity contribution < 1.29 is 42.1 Å². The molecule has 0 rings (SSSR count). The maximum absolute atomic E-state index is 4.25. The van der Waals surface area contributed by atoms with Gasteiger partial charge in [0.2, 0.25) is 0 Å². The second-order valence-electron chi connectivity index (χ2n) is 13.7. The Morgan fingerprint density at radius 2 is 0.821 bits per heavy atom. The van der Waals surface area contributed by atoms with Crippen molar-refractivity contribution in [1.82, 2.24) is 0 Å². The molecule has 0 aromatic heterocycles. The van der Waals surface area contributed by atoms with Crippen molar-refractivity contribution in [2.45, 2.75) is 180 Å². The molecule has 0 aliphatic heterocycles. The molecule has 240 valence electrons. The van der Waals surface area contributed by atoms with E-state index < -0.39 is 0 Å². The molecule has 0 saturated heterocycles. The number of hydrogen-bond acceptors (Lipinski definition) is 0. The summed E-state index contributed by atoms with van der Waals surface area (Å²) in [5.41, 5.74) is 0.355. The van der Waals surface area contributed by atoms with E-state index in [0.29, 0.717) is 11.3 Å². The molecule has 1 atom stereocenters. The zero-order valence-electron chi connectivity index (χ0n) is 29.7. The Bertz CT molecular complexity index is 415. The smallest absolute Gasteiger partial charge is 0 e. The van der Waals surface area contributed by atoms with E-state index in [9.17, 15) is 0 Å². The minimum Gasteiger partial charge on any atom is -0.340 e. The van der Waals surface area contributed by atoms with Crippen LogP contribution in [0, 0.1) is 60.7 Å². The third kappa shape index (κ3) is 33.7. The van der Waals surface area contributed by atoms with Crippen LogP contribution in [0.5, 0.6) is 0 Å². The molecule has 0 saturated carbocycles. The summed E-state index contributed by atoms with van der Waals surface area (Å²) in [5.74, 6) is 6.09. The minimum absolute atomic E-state index is 0. The summed E-state index contributed by atoms with van der Waals surface area (Å²) in [4.78, 5) is 0. The largest absolute Gasteiger partial charge is 0.340 e. The Morgan fingerprint density at radius 1 is 0.487 bits per heavy atom. The molecule has 0 N–H and O–H groups in total. The van der Waals surface area contributed by atoms with Gasteiger partial charge in [-0.2, -0.15) is 11.3 Å². The number of hydrogen-bond donors (Lipinski definition) is 0. The van der Waals surface area contributed by atoms with Gasteiger partial charge in [0.1, 0.15) is 0 Å². The van der Waals surface area contributed by atoms with Crippen LogP contribution in [0.4, 0.5) is 0 Å². The van der Waals surface area contributed by atoms with Crippen LogP contribution >= 0.6 is 0 Å². The molecule has 0 heterocycles. The third-order valence-electron chi connectivity index (χ3n) is 8.80. The van der Waals surface area contributed by atoms with Gasteiger partial charge in [0, 0.05) is 42.1 Å². The van der Waals surface area contributed by atoms with E-state index in [1.807, 2.05) is 0 Å². The number of rotatable bonds is 19. The van der Waals surface area contributed by atoms with Crippen molar-refractivity contribution in [2.75, 3.05) is 0 Å². The van der Waals surface area contributed by atoms with Gasteiger partial charge in [0.15, 0.2) is 0 Å². The SMILES string of the molecule is CCC(CC)CCC(CCC(CC)CC)CC(C)C.[CH2-]C(CC)(CC)CC(C)C.[CH2-]C(CC)CC(C)C.[W].[W]. The average Bonchev–Trinajstić information content (AvgIpc) is 2.84. The van der Waals surface area contributed by atoms with E-state index in [0.717, 1.165) is 35.5 Å². The molecule has 1 unspecified atom stereocenters. The molecule has 0 nitrogen and oxygen atoms in total. The van der Waals surface area contributed by atoms with E-state index in [1.54, 1.807) is 0 Å². The van der Waals surface area contributed by atoms with Crippen LogP contribution in [0.15, 0.2) is 0 Å². The molecule has 0 aromatic rings. The summed E-state index contributed by atoms with van der Waals surface area (Å²) in [6.07, 6.45) is 19.0. The molecule has 0 amide bonds. The molecular weight excluding hydrogens is 812 g/mol. The monoisotopic (exact) mass is 891 g/mol. The normalized spacial score (nSPS) is 12.2. The summed E-state index contributed by atoms with van der Waals surface area (Å²) in [6, 6.07) is 0. The molecular formula is C37H78W2-2. The molecule has 0 bridgehead atoms.